The SMILES string of the molecule is COc1c(C#N)ccc([SH]2NN(c3ccc(C)nc3)C(C)(C)C2=O)c1F. The number of nitriles is 1. The summed E-state index contributed by atoms with van der Waals surface area (Å²) in [5.41, 5.74) is 0.798. The number of thiol groups is 1. The molecule has 1 unspecified atom stereocenters. The van der Waals surface area contributed by atoms with Crippen molar-refractivity contribution < 1.29 is 13.9 Å². The van der Waals surface area contributed by atoms with Crippen molar-refractivity contribution in [3.8, 4) is 11.8 Å². The van der Waals surface area contributed by atoms with E-state index in [1.165, 1.54) is 19.2 Å². The van der Waals surface area contributed by atoms with Gasteiger partial charge in [0.2, 0.25) is 5.12 Å². The normalized spacial score (nSPS) is 20.1. The van der Waals surface area contributed by atoms with Crippen molar-refractivity contribution in [3.63, 3.8) is 0 Å². The van der Waals surface area contributed by atoms with E-state index in [0.717, 1.165) is 11.4 Å². The quantitative estimate of drug-likeness (QED) is 0.804. The number of carbonyl (C=O) groups excluding carboxylic acids is 1. The number of benzene rings is 1. The van der Waals surface area contributed by atoms with Crippen LogP contribution in [-0.4, -0.2) is 22.7 Å². The van der Waals surface area contributed by atoms with E-state index >= 15 is 0 Å². The number of carbonyl (C=O) groups is 1. The zero-order valence-electron chi connectivity index (χ0n) is 14.9. The molecule has 1 N–H and O–H groups in total. The molecule has 1 saturated heterocycles. The molecule has 6 nitrogen and oxygen atoms in total. The number of pyridine rings is 1. The predicted octanol–water partition coefficient (Wildman–Crippen LogP) is 3.01. The van der Waals surface area contributed by atoms with Crippen molar-refractivity contribution in [1.82, 2.24) is 9.82 Å². The first-order valence-corrected chi connectivity index (χ1v) is 9.25. The Hall–Kier alpha value is -2.63. The van der Waals surface area contributed by atoms with E-state index in [1.807, 2.05) is 25.1 Å². The number of methoxy groups -OCH3 is 1. The highest BCUT2D eigenvalue weighted by Gasteiger charge is 2.47. The maximum atomic E-state index is 14.9. The summed E-state index contributed by atoms with van der Waals surface area (Å²) in [6.45, 7) is 5.44. The Morgan fingerprint density at radius 1 is 1.35 bits per heavy atom. The zero-order valence-corrected chi connectivity index (χ0v) is 15.8. The van der Waals surface area contributed by atoms with Crippen LogP contribution in [0.3, 0.4) is 0 Å². The van der Waals surface area contributed by atoms with Crippen LogP contribution in [0.5, 0.6) is 5.75 Å². The first-order valence-electron chi connectivity index (χ1n) is 7.91. The Balaban J connectivity index is 2.04. The second kappa shape index (κ2) is 6.59. The highest BCUT2D eigenvalue weighted by atomic mass is 32.2. The summed E-state index contributed by atoms with van der Waals surface area (Å²) in [5.74, 6) is -0.825. The molecule has 136 valence electrons. The minimum atomic E-state index is -1.68. The smallest absolute Gasteiger partial charge is 0.213 e. The minimum Gasteiger partial charge on any atom is -0.492 e. The van der Waals surface area contributed by atoms with Crippen LogP contribution in [0.2, 0.25) is 0 Å². The van der Waals surface area contributed by atoms with Gasteiger partial charge in [0, 0.05) is 10.6 Å². The standard InChI is InChI=1S/C18H19FN4O2S/c1-11-5-7-13(10-21-11)23-18(2,3)17(24)26(22-23)14-8-6-12(9-20)16(25-4)15(14)19/h5-8,10,22,26H,1-4H3. The molecule has 0 radical (unpaired) electrons. The van der Waals surface area contributed by atoms with E-state index in [0.29, 0.717) is 0 Å². The lowest BCUT2D eigenvalue weighted by atomic mass is 10.1. The van der Waals surface area contributed by atoms with Crippen LogP contribution in [0.1, 0.15) is 25.1 Å². The maximum absolute atomic E-state index is 14.9. The second-order valence-electron chi connectivity index (χ2n) is 6.38. The number of aromatic nitrogens is 1. The third-order valence-corrected chi connectivity index (χ3v) is 6.46. The molecule has 0 saturated carbocycles. The highest BCUT2D eigenvalue weighted by molar-refractivity contribution is 8.28. The van der Waals surface area contributed by atoms with E-state index in [4.69, 9.17) is 10.00 Å². The minimum absolute atomic E-state index is 0.0919. The van der Waals surface area contributed by atoms with E-state index in [-0.39, 0.29) is 21.3 Å². The van der Waals surface area contributed by atoms with Gasteiger partial charge in [0.1, 0.15) is 11.6 Å². The summed E-state index contributed by atoms with van der Waals surface area (Å²) in [7, 11) is 1.30. The van der Waals surface area contributed by atoms with Crippen LogP contribution in [0.15, 0.2) is 35.4 Å². The molecule has 1 aromatic heterocycles. The predicted molar refractivity (Wildman–Crippen MR) is 98.6 cm³/mol. The largest absolute Gasteiger partial charge is 0.492 e. The van der Waals surface area contributed by atoms with Gasteiger partial charge in [-0.05, 0) is 45.0 Å². The molecule has 1 aliphatic heterocycles. The molecule has 26 heavy (non-hydrogen) atoms. The van der Waals surface area contributed by atoms with Gasteiger partial charge in [-0.25, -0.2) is 4.39 Å². The van der Waals surface area contributed by atoms with Crippen molar-refractivity contribution in [2.75, 3.05) is 12.1 Å². The Morgan fingerprint density at radius 2 is 2.08 bits per heavy atom. The summed E-state index contributed by atoms with van der Waals surface area (Å²) in [4.78, 5) is 20.6. The molecule has 1 aromatic carbocycles. The van der Waals surface area contributed by atoms with Gasteiger partial charge in [0.05, 0.1) is 24.6 Å². The molecule has 2 heterocycles. The Labute approximate surface area is 154 Å². The fourth-order valence-electron chi connectivity index (χ4n) is 2.78. The molecule has 0 bridgehead atoms. The van der Waals surface area contributed by atoms with Gasteiger partial charge < -0.3 is 4.74 Å². The molecule has 1 aliphatic rings. The first-order chi connectivity index (χ1) is 12.3. The molecule has 2 aromatic rings. The van der Waals surface area contributed by atoms with Gasteiger partial charge in [0.15, 0.2) is 11.6 Å². The average molecular weight is 374 g/mol. The number of ether oxygens (including phenoxy) is 1. The monoisotopic (exact) mass is 374 g/mol. The third kappa shape index (κ3) is 2.79. The second-order valence-corrected chi connectivity index (χ2v) is 8.14. The lowest BCUT2D eigenvalue weighted by Crippen LogP contribution is -2.46. The van der Waals surface area contributed by atoms with Crippen molar-refractivity contribution >= 4 is 21.9 Å². The summed E-state index contributed by atoms with van der Waals surface area (Å²) in [6, 6.07) is 8.54. The number of nitrogens with zero attached hydrogens (tertiary/aromatic N) is 3. The third-order valence-electron chi connectivity index (χ3n) is 4.28. The van der Waals surface area contributed by atoms with Gasteiger partial charge in [-0.15, -0.1) is 0 Å². The van der Waals surface area contributed by atoms with Crippen molar-refractivity contribution in [3.05, 3.63) is 47.5 Å². The Bertz CT molecular complexity index is 909. The van der Waals surface area contributed by atoms with E-state index < -0.39 is 22.4 Å². The van der Waals surface area contributed by atoms with Gasteiger partial charge in [0.25, 0.3) is 0 Å². The van der Waals surface area contributed by atoms with Crippen LogP contribution in [0.4, 0.5) is 10.1 Å². The van der Waals surface area contributed by atoms with Crippen molar-refractivity contribution in [2.24, 2.45) is 0 Å². The molecule has 3 rings (SSSR count). The summed E-state index contributed by atoms with van der Waals surface area (Å²) >= 11 is -1.68. The van der Waals surface area contributed by atoms with Gasteiger partial charge in [-0.2, -0.15) is 10.1 Å². The van der Waals surface area contributed by atoms with Crippen molar-refractivity contribution in [1.29, 1.82) is 5.26 Å². The molecular formula is C18H19FN4O2S. The van der Waals surface area contributed by atoms with E-state index in [2.05, 4.69) is 9.82 Å². The summed E-state index contributed by atoms with van der Waals surface area (Å²) < 4.78 is 19.9. The van der Waals surface area contributed by atoms with Crippen molar-refractivity contribution in [2.45, 2.75) is 31.2 Å². The van der Waals surface area contributed by atoms with Crippen LogP contribution in [0.25, 0.3) is 0 Å². The molecule has 1 fully saturated rings. The fourth-order valence-corrected chi connectivity index (χ4v) is 4.93. The lowest BCUT2D eigenvalue weighted by molar-refractivity contribution is -0.114. The molecule has 1 atom stereocenters. The number of hydrogen-bond donors (Lipinski definition) is 2. The zero-order chi connectivity index (χ0) is 19.1. The number of aryl methyl sites for hydroxylation is 1. The Kier molecular flexibility index (Phi) is 4.61. The fraction of sp³-hybridized carbons (Fsp3) is 0.278. The number of nitrogens with one attached hydrogen (secondary N) is 1. The number of rotatable bonds is 3. The van der Waals surface area contributed by atoms with Gasteiger partial charge in [-0.1, -0.05) is 11.1 Å². The van der Waals surface area contributed by atoms with Crippen LogP contribution < -0.4 is 14.6 Å². The first kappa shape index (κ1) is 18.2. The number of hydrazine groups is 1. The van der Waals surface area contributed by atoms with Crippen LogP contribution >= 0.6 is 11.1 Å². The molecule has 0 aliphatic carbocycles. The number of hydrogen-bond acceptors (Lipinski definition) is 6. The van der Waals surface area contributed by atoms with Crippen LogP contribution in [0, 0.1) is 24.1 Å². The molecule has 8 heteroatoms. The molecule has 0 spiro atoms. The van der Waals surface area contributed by atoms with E-state index in [1.54, 1.807) is 25.1 Å². The topological polar surface area (TPSA) is 78.2 Å². The van der Waals surface area contributed by atoms with Gasteiger partial charge >= 0.3 is 0 Å². The summed E-state index contributed by atoms with van der Waals surface area (Å²) in [5, 5.41) is 10.7. The average Bonchev–Trinajstić information content (AvgIpc) is 2.85. The van der Waals surface area contributed by atoms with E-state index in [9.17, 15) is 9.18 Å². The number of halogens is 1. The summed E-state index contributed by atoms with van der Waals surface area (Å²) in [6.07, 6.45) is 1.67. The van der Waals surface area contributed by atoms with Gasteiger partial charge in [-0.3, -0.25) is 14.8 Å². The Morgan fingerprint density at radius 3 is 2.65 bits per heavy atom. The number of anilines is 1. The molecule has 0 amide bonds. The maximum Gasteiger partial charge on any atom is 0.213 e. The van der Waals surface area contributed by atoms with Crippen LogP contribution in [-0.2, 0) is 4.79 Å². The molecular weight excluding hydrogens is 355 g/mol. The highest BCUT2D eigenvalue weighted by Crippen LogP contribution is 2.48. The lowest BCUT2D eigenvalue weighted by Gasteiger charge is -2.29.